The van der Waals surface area contributed by atoms with Gasteiger partial charge in [0, 0.05) is 11.9 Å². The second-order valence-corrected chi connectivity index (χ2v) is 7.90. The zero-order valence-electron chi connectivity index (χ0n) is 14.8. The number of benzene rings is 1. The number of likely N-dealkylation sites (tertiary alicyclic amines) is 1. The molecule has 5 heteroatoms. The molecule has 3 aromatic rings. The molecule has 1 aromatic carbocycles. The van der Waals surface area contributed by atoms with Gasteiger partial charge in [0.2, 0.25) is 0 Å². The van der Waals surface area contributed by atoms with Crippen LogP contribution in [-0.4, -0.2) is 28.1 Å². The molecule has 136 valence electrons. The van der Waals surface area contributed by atoms with Gasteiger partial charge in [0.1, 0.15) is 5.75 Å². The lowest BCUT2D eigenvalue weighted by Gasteiger charge is -2.31. The van der Waals surface area contributed by atoms with Crippen LogP contribution in [0.5, 0.6) is 5.75 Å². The van der Waals surface area contributed by atoms with Crippen molar-refractivity contribution < 1.29 is 9.52 Å². The average Bonchev–Trinajstić information content (AvgIpc) is 3.34. The monoisotopic (exact) mass is 368 g/mol. The molecular formula is C21H24N2O2S. The van der Waals surface area contributed by atoms with Gasteiger partial charge in [-0.25, -0.2) is 4.98 Å². The van der Waals surface area contributed by atoms with E-state index in [0.29, 0.717) is 5.75 Å². The topological polar surface area (TPSA) is 49.5 Å². The van der Waals surface area contributed by atoms with Crippen molar-refractivity contribution in [3.05, 3.63) is 59.3 Å². The van der Waals surface area contributed by atoms with Crippen molar-refractivity contribution in [2.75, 3.05) is 13.1 Å². The van der Waals surface area contributed by atoms with E-state index >= 15 is 0 Å². The smallest absolute Gasteiger partial charge is 0.162 e. The molecule has 1 N–H and O–H groups in total. The van der Waals surface area contributed by atoms with Crippen molar-refractivity contribution in [2.24, 2.45) is 5.92 Å². The quantitative estimate of drug-likeness (QED) is 0.668. The Balaban J connectivity index is 1.23. The highest BCUT2D eigenvalue weighted by molar-refractivity contribution is 7.13. The Morgan fingerprint density at radius 2 is 1.96 bits per heavy atom. The van der Waals surface area contributed by atoms with E-state index in [1.54, 1.807) is 29.7 Å². The molecule has 0 unspecified atom stereocenters. The molecule has 0 atom stereocenters. The number of aromatic hydroxyl groups is 1. The number of phenolic OH excluding ortho intramolecular Hbond substituents is 1. The number of furan rings is 1. The summed E-state index contributed by atoms with van der Waals surface area (Å²) in [4.78, 5) is 7.22. The number of hydrogen-bond acceptors (Lipinski definition) is 5. The first-order chi connectivity index (χ1) is 12.8. The van der Waals surface area contributed by atoms with Crippen LogP contribution in [0.1, 0.15) is 30.5 Å². The van der Waals surface area contributed by atoms with E-state index < -0.39 is 0 Å². The Hall–Kier alpha value is -2.11. The predicted octanol–water partition coefficient (Wildman–Crippen LogP) is 4.95. The van der Waals surface area contributed by atoms with Crippen LogP contribution < -0.4 is 0 Å². The summed E-state index contributed by atoms with van der Waals surface area (Å²) < 4.78 is 5.43. The van der Waals surface area contributed by atoms with Crippen LogP contribution in [0.25, 0.3) is 10.8 Å². The van der Waals surface area contributed by atoms with Crippen molar-refractivity contribution in [1.29, 1.82) is 0 Å². The van der Waals surface area contributed by atoms with E-state index in [1.807, 2.05) is 24.3 Å². The molecule has 1 aliphatic rings. The summed E-state index contributed by atoms with van der Waals surface area (Å²) in [6.07, 6.45) is 6.54. The van der Waals surface area contributed by atoms with E-state index in [0.717, 1.165) is 48.4 Å². The number of piperidine rings is 1. The van der Waals surface area contributed by atoms with E-state index in [9.17, 15) is 5.11 Å². The first-order valence-corrected chi connectivity index (χ1v) is 10.1. The standard InChI is InChI=1S/C21H24N2O2S/c24-19-7-5-16(6-8-19)3-4-17-9-11-23(12-10-17)14-18-15-26-21(22-18)20-2-1-13-25-20/h1-2,5-8,13,15,17,24H,3-4,9-12,14H2. The van der Waals surface area contributed by atoms with Crippen LogP contribution in [0, 0.1) is 5.92 Å². The molecule has 4 nitrogen and oxygen atoms in total. The predicted molar refractivity (Wildman–Crippen MR) is 104 cm³/mol. The third kappa shape index (κ3) is 4.34. The summed E-state index contributed by atoms with van der Waals surface area (Å²) >= 11 is 1.65. The van der Waals surface area contributed by atoms with E-state index in [1.165, 1.54) is 24.8 Å². The van der Waals surface area contributed by atoms with Crippen LogP contribution in [0.2, 0.25) is 0 Å². The highest BCUT2D eigenvalue weighted by atomic mass is 32.1. The lowest BCUT2D eigenvalue weighted by Crippen LogP contribution is -2.33. The van der Waals surface area contributed by atoms with Gasteiger partial charge >= 0.3 is 0 Å². The fraction of sp³-hybridized carbons (Fsp3) is 0.381. The molecule has 1 saturated heterocycles. The third-order valence-corrected chi connectivity index (χ3v) is 6.06. The summed E-state index contributed by atoms with van der Waals surface area (Å²) in [7, 11) is 0. The minimum Gasteiger partial charge on any atom is -0.508 e. The zero-order valence-corrected chi connectivity index (χ0v) is 15.6. The first-order valence-electron chi connectivity index (χ1n) is 9.25. The molecule has 26 heavy (non-hydrogen) atoms. The summed E-state index contributed by atoms with van der Waals surface area (Å²) in [5.41, 5.74) is 2.46. The van der Waals surface area contributed by atoms with Gasteiger partial charge in [-0.15, -0.1) is 11.3 Å². The fourth-order valence-corrected chi connectivity index (χ4v) is 4.37. The van der Waals surface area contributed by atoms with Crippen molar-refractivity contribution >= 4 is 11.3 Å². The van der Waals surface area contributed by atoms with Gasteiger partial charge in [0.05, 0.1) is 12.0 Å². The summed E-state index contributed by atoms with van der Waals surface area (Å²) in [6.45, 7) is 3.23. The maximum absolute atomic E-state index is 9.36. The van der Waals surface area contributed by atoms with Gasteiger partial charge in [-0.1, -0.05) is 12.1 Å². The molecule has 3 heterocycles. The Kier molecular flexibility index (Phi) is 5.37. The van der Waals surface area contributed by atoms with Crippen LogP contribution in [0.4, 0.5) is 0 Å². The first kappa shape index (κ1) is 17.3. The zero-order chi connectivity index (χ0) is 17.8. The van der Waals surface area contributed by atoms with Gasteiger partial charge in [-0.3, -0.25) is 4.90 Å². The van der Waals surface area contributed by atoms with E-state index in [-0.39, 0.29) is 0 Å². The number of aromatic nitrogens is 1. The summed E-state index contributed by atoms with van der Waals surface area (Å²) in [5.74, 6) is 2.00. The highest BCUT2D eigenvalue weighted by Crippen LogP contribution is 2.27. The largest absolute Gasteiger partial charge is 0.508 e. The molecule has 0 saturated carbocycles. The van der Waals surface area contributed by atoms with Crippen molar-refractivity contribution in [2.45, 2.75) is 32.2 Å². The molecule has 0 bridgehead atoms. The molecule has 1 aliphatic heterocycles. The van der Waals surface area contributed by atoms with Gasteiger partial charge < -0.3 is 9.52 Å². The molecule has 0 radical (unpaired) electrons. The van der Waals surface area contributed by atoms with Crippen molar-refractivity contribution in [3.63, 3.8) is 0 Å². The fourth-order valence-electron chi connectivity index (χ4n) is 3.59. The normalized spacial score (nSPS) is 16.2. The second-order valence-electron chi connectivity index (χ2n) is 7.05. The summed E-state index contributed by atoms with van der Waals surface area (Å²) in [5, 5.41) is 12.5. The number of thiazole rings is 1. The maximum atomic E-state index is 9.36. The Bertz CT molecular complexity index is 803. The maximum Gasteiger partial charge on any atom is 0.162 e. The minimum absolute atomic E-state index is 0.347. The van der Waals surface area contributed by atoms with Crippen LogP contribution in [0.15, 0.2) is 52.5 Å². The van der Waals surface area contributed by atoms with Crippen LogP contribution in [0.3, 0.4) is 0 Å². The molecule has 0 aliphatic carbocycles. The Labute approximate surface area is 158 Å². The van der Waals surface area contributed by atoms with E-state index in [4.69, 9.17) is 9.40 Å². The number of phenols is 1. The summed E-state index contributed by atoms with van der Waals surface area (Å²) in [6, 6.07) is 11.5. The lowest BCUT2D eigenvalue weighted by molar-refractivity contribution is 0.171. The molecule has 0 amide bonds. The molecule has 1 fully saturated rings. The van der Waals surface area contributed by atoms with Gasteiger partial charge in [-0.2, -0.15) is 0 Å². The highest BCUT2D eigenvalue weighted by Gasteiger charge is 2.20. The van der Waals surface area contributed by atoms with Gasteiger partial charge in [0.25, 0.3) is 0 Å². The van der Waals surface area contributed by atoms with Gasteiger partial charge in [-0.05, 0) is 74.5 Å². The number of nitrogens with zero attached hydrogens (tertiary/aromatic N) is 2. The number of hydrogen-bond donors (Lipinski definition) is 1. The van der Waals surface area contributed by atoms with Gasteiger partial charge in [0.15, 0.2) is 10.8 Å². The molecule has 2 aromatic heterocycles. The number of rotatable bonds is 6. The average molecular weight is 369 g/mol. The third-order valence-electron chi connectivity index (χ3n) is 5.15. The van der Waals surface area contributed by atoms with Crippen molar-refractivity contribution in [3.8, 4) is 16.5 Å². The lowest BCUT2D eigenvalue weighted by atomic mass is 9.90. The minimum atomic E-state index is 0.347. The van der Waals surface area contributed by atoms with Crippen LogP contribution >= 0.6 is 11.3 Å². The van der Waals surface area contributed by atoms with Crippen LogP contribution in [-0.2, 0) is 13.0 Å². The SMILES string of the molecule is Oc1ccc(CCC2CCN(Cc3csc(-c4ccco4)n3)CC2)cc1. The van der Waals surface area contributed by atoms with Crippen molar-refractivity contribution in [1.82, 2.24) is 9.88 Å². The molecular weight excluding hydrogens is 344 g/mol. The molecule has 0 spiro atoms. The number of aryl methyl sites for hydroxylation is 1. The Morgan fingerprint density at radius 1 is 1.15 bits per heavy atom. The second kappa shape index (κ2) is 8.06. The Morgan fingerprint density at radius 3 is 2.69 bits per heavy atom. The molecule has 4 rings (SSSR count). The van der Waals surface area contributed by atoms with E-state index in [2.05, 4.69) is 10.3 Å².